The summed E-state index contributed by atoms with van der Waals surface area (Å²) < 4.78 is 5.49. The molecule has 1 N–H and O–H groups in total. The van der Waals surface area contributed by atoms with Gasteiger partial charge in [0.15, 0.2) is 0 Å². The SMILES string of the molecule is Cc1n[nH]c(C)c1C1CCCN1C(=O)OC(C)(C)C. The number of H-pyrrole nitrogens is 1. The lowest BCUT2D eigenvalue weighted by atomic mass is 10.0. The van der Waals surface area contributed by atoms with Crippen molar-refractivity contribution in [3.8, 4) is 0 Å². The fourth-order valence-electron chi connectivity index (χ4n) is 2.66. The Balaban J connectivity index is 2.20. The van der Waals surface area contributed by atoms with Crippen LogP contribution < -0.4 is 0 Å². The van der Waals surface area contributed by atoms with Gasteiger partial charge in [0.2, 0.25) is 0 Å². The third kappa shape index (κ3) is 2.91. The van der Waals surface area contributed by atoms with E-state index in [0.717, 1.165) is 36.3 Å². The summed E-state index contributed by atoms with van der Waals surface area (Å²) in [5.41, 5.74) is 2.70. The first-order valence-corrected chi connectivity index (χ1v) is 6.80. The smallest absolute Gasteiger partial charge is 0.410 e. The van der Waals surface area contributed by atoms with Crippen LogP contribution in [0.3, 0.4) is 0 Å². The minimum atomic E-state index is -0.454. The molecule has 2 rings (SSSR count). The predicted molar refractivity (Wildman–Crippen MR) is 73.0 cm³/mol. The van der Waals surface area contributed by atoms with Crippen LogP contribution in [0, 0.1) is 13.8 Å². The maximum Gasteiger partial charge on any atom is 0.410 e. The summed E-state index contributed by atoms with van der Waals surface area (Å²) in [6.45, 7) is 10.4. The zero-order valence-corrected chi connectivity index (χ0v) is 12.4. The molecule has 0 bridgehead atoms. The second-order valence-electron chi connectivity index (χ2n) is 6.18. The number of ether oxygens (including phenoxy) is 1. The quantitative estimate of drug-likeness (QED) is 0.848. The van der Waals surface area contributed by atoms with E-state index < -0.39 is 5.60 Å². The van der Waals surface area contributed by atoms with E-state index in [1.807, 2.05) is 39.5 Å². The van der Waals surface area contributed by atoms with Crippen molar-refractivity contribution in [2.45, 2.75) is 59.1 Å². The molecule has 2 heterocycles. The number of aryl methyl sites for hydroxylation is 2. The lowest BCUT2D eigenvalue weighted by molar-refractivity contribution is 0.0224. The molecule has 0 aliphatic carbocycles. The van der Waals surface area contributed by atoms with E-state index in [-0.39, 0.29) is 12.1 Å². The highest BCUT2D eigenvalue weighted by Crippen LogP contribution is 2.35. The van der Waals surface area contributed by atoms with Crippen molar-refractivity contribution in [3.05, 3.63) is 17.0 Å². The first-order valence-electron chi connectivity index (χ1n) is 6.80. The maximum absolute atomic E-state index is 12.3. The van der Waals surface area contributed by atoms with Gasteiger partial charge in [0.05, 0.1) is 11.7 Å². The van der Waals surface area contributed by atoms with Crippen molar-refractivity contribution in [2.24, 2.45) is 0 Å². The zero-order chi connectivity index (χ0) is 14.2. The number of nitrogens with one attached hydrogen (secondary N) is 1. The van der Waals surface area contributed by atoms with E-state index in [2.05, 4.69) is 10.2 Å². The Hall–Kier alpha value is -1.52. The molecule has 0 radical (unpaired) electrons. The van der Waals surface area contributed by atoms with Gasteiger partial charge < -0.3 is 9.64 Å². The number of nitrogens with zero attached hydrogens (tertiary/aromatic N) is 2. The molecule has 1 atom stereocenters. The molecule has 5 heteroatoms. The second kappa shape index (κ2) is 4.87. The molecule has 0 aromatic carbocycles. The van der Waals surface area contributed by atoms with Crippen molar-refractivity contribution in [1.82, 2.24) is 15.1 Å². The molecule has 1 saturated heterocycles. The Bertz CT molecular complexity index is 454. The summed E-state index contributed by atoms with van der Waals surface area (Å²) in [6.07, 6.45) is 1.75. The summed E-state index contributed by atoms with van der Waals surface area (Å²) in [5.74, 6) is 0. The average molecular weight is 265 g/mol. The van der Waals surface area contributed by atoms with Crippen LogP contribution in [0.4, 0.5) is 4.79 Å². The number of aromatic amines is 1. The Morgan fingerprint density at radius 2 is 2.11 bits per heavy atom. The third-order valence-corrected chi connectivity index (χ3v) is 3.40. The van der Waals surface area contributed by atoms with Crippen LogP contribution >= 0.6 is 0 Å². The van der Waals surface area contributed by atoms with Gasteiger partial charge in [0.1, 0.15) is 5.60 Å². The molecule has 0 saturated carbocycles. The molecule has 5 nitrogen and oxygen atoms in total. The fraction of sp³-hybridized carbons (Fsp3) is 0.714. The first kappa shape index (κ1) is 13.9. The normalized spacial score (nSPS) is 19.8. The van der Waals surface area contributed by atoms with Crippen LogP contribution in [-0.2, 0) is 4.74 Å². The highest BCUT2D eigenvalue weighted by molar-refractivity contribution is 5.69. The molecule has 1 aromatic heterocycles. The van der Waals surface area contributed by atoms with Crippen LogP contribution in [0.15, 0.2) is 0 Å². The lowest BCUT2D eigenvalue weighted by Crippen LogP contribution is -2.36. The van der Waals surface area contributed by atoms with Crippen LogP contribution in [0.2, 0.25) is 0 Å². The zero-order valence-electron chi connectivity index (χ0n) is 12.4. The molecule has 1 aliphatic heterocycles. The second-order valence-corrected chi connectivity index (χ2v) is 6.18. The summed E-state index contributed by atoms with van der Waals surface area (Å²) in [5, 5.41) is 7.22. The third-order valence-electron chi connectivity index (χ3n) is 3.40. The molecule has 106 valence electrons. The van der Waals surface area contributed by atoms with Gasteiger partial charge in [0.25, 0.3) is 0 Å². The van der Waals surface area contributed by atoms with Crippen molar-refractivity contribution < 1.29 is 9.53 Å². The number of likely N-dealkylation sites (tertiary alicyclic amines) is 1. The summed E-state index contributed by atoms with van der Waals surface area (Å²) in [6, 6.07) is 0.0913. The van der Waals surface area contributed by atoms with Gasteiger partial charge in [-0.05, 0) is 47.5 Å². The molecule has 19 heavy (non-hydrogen) atoms. The van der Waals surface area contributed by atoms with Gasteiger partial charge >= 0.3 is 6.09 Å². The van der Waals surface area contributed by atoms with Crippen LogP contribution in [0.25, 0.3) is 0 Å². The maximum atomic E-state index is 12.3. The minimum absolute atomic E-state index is 0.0913. The first-order chi connectivity index (χ1) is 8.79. The van der Waals surface area contributed by atoms with Crippen molar-refractivity contribution in [1.29, 1.82) is 0 Å². The van der Waals surface area contributed by atoms with E-state index in [1.165, 1.54) is 0 Å². The molecule has 1 amide bonds. The number of rotatable bonds is 1. The van der Waals surface area contributed by atoms with Gasteiger partial charge in [-0.2, -0.15) is 5.10 Å². The minimum Gasteiger partial charge on any atom is -0.444 e. The summed E-state index contributed by atoms with van der Waals surface area (Å²) in [4.78, 5) is 14.1. The number of hydrogen-bond donors (Lipinski definition) is 1. The predicted octanol–water partition coefficient (Wildman–Crippen LogP) is 3.10. The highest BCUT2D eigenvalue weighted by Gasteiger charge is 2.35. The highest BCUT2D eigenvalue weighted by atomic mass is 16.6. The number of carbonyl (C=O) groups excluding carboxylic acids is 1. The Morgan fingerprint density at radius 1 is 1.42 bits per heavy atom. The standard InChI is InChI=1S/C14H23N3O2/c1-9-12(10(2)16-15-9)11-7-6-8-17(11)13(18)19-14(3,4)5/h11H,6-8H2,1-5H3,(H,15,16). The molecular formula is C14H23N3O2. The van der Waals surface area contributed by atoms with Crippen LogP contribution in [0.5, 0.6) is 0 Å². The number of aromatic nitrogens is 2. The molecule has 1 unspecified atom stereocenters. The van der Waals surface area contributed by atoms with Gasteiger partial charge in [-0.15, -0.1) is 0 Å². The van der Waals surface area contributed by atoms with Gasteiger partial charge in [-0.1, -0.05) is 0 Å². The van der Waals surface area contributed by atoms with E-state index in [0.29, 0.717) is 0 Å². The largest absolute Gasteiger partial charge is 0.444 e. The van der Waals surface area contributed by atoms with Crippen molar-refractivity contribution in [3.63, 3.8) is 0 Å². The molecule has 1 aliphatic rings. The Kier molecular flexibility index (Phi) is 3.56. The van der Waals surface area contributed by atoms with Gasteiger partial charge in [-0.3, -0.25) is 5.10 Å². The van der Waals surface area contributed by atoms with E-state index >= 15 is 0 Å². The van der Waals surface area contributed by atoms with Crippen molar-refractivity contribution >= 4 is 6.09 Å². The fourth-order valence-corrected chi connectivity index (χ4v) is 2.66. The topological polar surface area (TPSA) is 58.2 Å². The number of hydrogen-bond acceptors (Lipinski definition) is 3. The Morgan fingerprint density at radius 3 is 2.63 bits per heavy atom. The Labute approximate surface area is 114 Å². The van der Waals surface area contributed by atoms with Crippen LogP contribution in [0.1, 0.15) is 56.6 Å². The number of amides is 1. The number of carbonyl (C=O) groups is 1. The molecule has 1 fully saturated rings. The van der Waals surface area contributed by atoms with Crippen LogP contribution in [-0.4, -0.2) is 33.3 Å². The van der Waals surface area contributed by atoms with Gasteiger partial charge in [0, 0.05) is 17.8 Å². The van der Waals surface area contributed by atoms with E-state index in [4.69, 9.17) is 4.74 Å². The lowest BCUT2D eigenvalue weighted by Gasteiger charge is -2.28. The average Bonchev–Trinajstić information content (AvgIpc) is 2.83. The molecule has 1 aromatic rings. The summed E-state index contributed by atoms with van der Waals surface area (Å²) >= 11 is 0. The van der Waals surface area contributed by atoms with Crippen molar-refractivity contribution in [2.75, 3.05) is 6.54 Å². The molecule has 0 spiro atoms. The monoisotopic (exact) mass is 265 g/mol. The van der Waals surface area contributed by atoms with E-state index in [1.54, 1.807) is 0 Å². The molecular weight excluding hydrogens is 242 g/mol. The van der Waals surface area contributed by atoms with E-state index in [9.17, 15) is 4.79 Å². The van der Waals surface area contributed by atoms with Gasteiger partial charge in [-0.25, -0.2) is 4.79 Å². The summed E-state index contributed by atoms with van der Waals surface area (Å²) in [7, 11) is 0.